The molecule has 0 unspecified atom stereocenters. The standard InChI is InChI=1S/C4H10O2.Al.O/c1-2-3-4-6-5;;/h5H,2-4H2,1H3;;/q;+1;/p-1. The molecule has 0 radical (unpaired) electrons. The molecular weight excluding hydrogens is 123 g/mol. The molecule has 0 aliphatic rings. The SMILES string of the molecule is CCCCO[O][Al]=[O]. The molecule has 3 nitrogen and oxygen atoms in total. The van der Waals surface area contributed by atoms with Crippen LogP contribution in [0.2, 0.25) is 0 Å². The summed E-state index contributed by atoms with van der Waals surface area (Å²) in [4.78, 5) is 4.45. The van der Waals surface area contributed by atoms with Crippen molar-refractivity contribution in [3.05, 3.63) is 0 Å². The van der Waals surface area contributed by atoms with Gasteiger partial charge in [0.1, 0.15) is 0 Å². The molecule has 0 fully saturated rings. The van der Waals surface area contributed by atoms with Crippen molar-refractivity contribution in [3.63, 3.8) is 0 Å². The zero-order valence-electron chi connectivity index (χ0n) is 4.92. The Kier molecular flexibility index (Phi) is 7.17. The topological polar surface area (TPSA) is 35.5 Å². The average molecular weight is 132 g/mol. The second-order valence-corrected chi connectivity index (χ2v) is 1.75. The molecule has 0 aromatic carbocycles. The Labute approximate surface area is 55.2 Å². The zero-order chi connectivity index (χ0) is 6.24. The predicted molar refractivity (Wildman–Crippen MR) is 28.4 cm³/mol. The van der Waals surface area contributed by atoms with E-state index in [1.54, 1.807) is 0 Å². The molecule has 0 saturated carbocycles. The number of unbranched alkanes of at least 4 members (excludes halogenated alkanes) is 1. The average Bonchev–Trinajstić information content (AvgIpc) is 1.81. The molecule has 0 atom stereocenters. The van der Waals surface area contributed by atoms with Crippen molar-refractivity contribution in [3.8, 4) is 0 Å². The van der Waals surface area contributed by atoms with Crippen LogP contribution in [0, 0.1) is 0 Å². The first-order chi connectivity index (χ1) is 3.91. The van der Waals surface area contributed by atoms with E-state index in [0.29, 0.717) is 6.61 Å². The van der Waals surface area contributed by atoms with Crippen molar-refractivity contribution in [2.24, 2.45) is 0 Å². The Morgan fingerprint density at radius 1 is 1.62 bits per heavy atom. The van der Waals surface area contributed by atoms with Crippen LogP contribution < -0.4 is 0 Å². The quantitative estimate of drug-likeness (QED) is 0.239. The Morgan fingerprint density at radius 3 is 2.88 bits per heavy atom. The fourth-order valence-electron chi connectivity index (χ4n) is 0.279. The molecule has 0 aromatic rings. The monoisotopic (exact) mass is 132 g/mol. The molecule has 0 heterocycles. The van der Waals surface area contributed by atoms with Crippen LogP contribution in [0.15, 0.2) is 0 Å². The summed E-state index contributed by atoms with van der Waals surface area (Å²) < 4.78 is 13.8. The fraction of sp³-hybridized carbons (Fsp3) is 1.00. The van der Waals surface area contributed by atoms with Gasteiger partial charge in [-0.05, 0) is 0 Å². The van der Waals surface area contributed by atoms with E-state index in [9.17, 15) is 3.80 Å². The second-order valence-electron chi connectivity index (χ2n) is 1.37. The van der Waals surface area contributed by atoms with Crippen LogP contribution in [-0.2, 0) is 12.6 Å². The molecule has 0 amide bonds. The van der Waals surface area contributed by atoms with Gasteiger partial charge in [-0.15, -0.1) is 0 Å². The van der Waals surface area contributed by atoms with Crippen LogP contribution >= 0.6 is 0 Å². The second kappa shape index (κ2) is 7.09. The van der Waals surface area contributed by atoms with Crippen molar-refractivity contribution in [1.82, 2.24) is 0 Å². The Hall–Kier alpha value is 0.0925. The first-order valence-corrected chi connectivity index (χ1v) is 3.58. The van der Waals surface area contributed by atoms with E-state index in [4.69, 9.17) is 0 Å². The van der Waals surface area contributed by atoms with E-state index in [2.05, 4.69) is 8.83 Å². The van der Waals surface area contributed by atoms with E-state index >= 15 is 0 Å². The van der Waals surface area contributed by atoms with E-state index in [1.807, 2.05) is 6.92 Å². The summed E-state index contributed by atoms with van der Waals surface area (Å²) in [7, 11) is 0. The zero-order valence-corrected chi connectivity index (χ0v) is 6.08. The van der Waals surface area contributed by atoms with Crippen molar-refractivity contribution in [2.45, 2.75) is 19.8 Å². The molecule has 46 valence electrons. The first kappa shape index (κ1) is 8.09. The number of hydrogen-bond acceptors (Lipinski definition) is 3. The van der Waals surface area contributed by atoms with Gasteiger partial charge < -0.3 is 0 Å². The Balaban J connectivity index is 2.62. The van der Waals surface area contributed by atoms with Crippen LogP contribution in [0.5, 0.6) is 0 Å². The molecule has 0 spiro atoms. The molecule has 0 saturated heterocycles. The minimum atomic E-state index is -1.19. The Morgan fingerprint density at radius 2 is 2.38 bits per heavy atom. The van der Waals surface area contributed by atoms with Gasteiger partial charge in [-0.25, -0.2) is 0 Å². The summed E-state index contributed by atoms with van der Waals surface area (Å²) in [6.07, 6.45) is 2.02. The van der Waals surface area contributed by atoms with Crippen molar-refractivity contribution in [1.29, 1.82) is 0 Å². The van der Waals surface area contributed by atoms with E-state index < -0.39 is 15.5 Å². The molecule has 0 bridgehead atoms. The number of hydrogen-bond donors (Lipinski definition) is 0. The van der Waals surface area contributed by atoms with E-state index in [0.717, 1.165) is 12.8 Å². The van der Waals surface area contributed by atoms with E-state index in [1.165, 1.54) is 0 Å². The summed E-state index contributed by atoms with van der Waals surface area (Å²) in [6, 6.07) is 0. The molecule has 0 aromatic heterocycles. The summed E-state index contributed by atoms with van der Waals surface area (Å²) in [5.74, 6) is 0. The van der Waals surface area contributed by atoms with Gasteiger partial charge in [0, 0.05) is 0 Å². The minimum absolute atomic E-state index is 0.547. The predicted octanol–water partition coefficient (Wildman–Crippen LogP) is 0.699. The van der Waals surface area contributed by atoms with Gasteiger partial charge in [0.15, 0.2) is 0 Å². The fourth-order valence-corrected chi connectivity index (χ4v) is 0.431. The van der Waals surface area contributed by atoms with Gasteiger partial charge in [0.25, 0.3) is 0 Å². The summed E-state index contributed by atoms with van der Waals surface area (Å²) in [5.41, 5.74) is 0. The van der Waals surface area contributed by atoms with E-state index in [-0.39, 0.29) is 0 Å². The number of rotatable bonds is 5. The summed E-state index contributed by atoms with van der Waals surface area (Å²) in [5, 5.41) is 0. The summed E-state index contributed by atoms with van der Waals surface area (Å²) in [6.45, 7) is 2.60. The van der Waals surface area contributed by atoms with Crippen LogP contribution in [0.25, 0.3) is 0 Å². The van der Waals surface area contributed by atoms with Gasteiger partial charge in [-0.2, -0.15) is 0 Å². The first-order valence-electron chi connectivity index (χ1n) is 2.63. The van der Waals surface area contributed by atoms with Crippen LogP contribution in [0.3, 0.4) is 0 Å². The van der Waals surface area contributed by atoms with Crippen LogP contribution in [0.1, 0.15) is 19.8 Å². The summed E-state index contributed by atoms with van der Waals surface area (Å²) >= 11 is -1.19. The van der Waals surface area contributed by atoms with Gasteiger partial charge in [-0.3, -0.25) is 0 Å². The molecular formula is C4H9AlO3. The molecule has 0 N–H and O–H groups in total. The third-order valence-electron chi connectivity index (χ3n) is 0.689. The molecule has 8 heavy (non-hydrogen) atoms. The third kappa shape index (κ3) is 6.09. The van der Waals surface area contributed by atoms with Gasteiger partial charge in [0.05, 0.1) is 0 Å². The van der Waals surface area contributed by atoms with Crippen molar-refractivity contribution < 1.29 is 12.6 Å². The molecule has 4 heteroatoms. The maximum atomic E-state index is 9.63. The maximum absolute atomic E-state index is 9.63. The molecule has 0 rings (SSSR count). The normalized spacial score (nSPS) is 8.12. The molecule has 0 aliphatic carbocycles. The van der Waals surface area contributed by atoms with Crippen LogP contribution in [0.4, 0.5) is 0 Å². The third-order valence-corrected chi connectivity index (χ3v) is 0.903. The van der Waals surface area contributed by atoms with Gasteiger partial charge in [0.2, 0.25) is 0 Å². The van der Waals surface area contributed by atoms with Gasteiger partial charge in [-0.1, -0.05) is 0 Å². The Bertz CT molecular complexity index is 57.2. The van der Waals surface area contributed by atoms with Crippen molar-refractivity contribution >= 4 is 15.5 Å². The van der Waals surface area contributed by atoms with Gasteiger partial charge >= 0.3 is 54.5 Å². The van der Waals surface area contributed by atoms with Crippen molar-refractivity contribution in [2.75, 3.05) is 6.61 Å². The van der Waals surface area contributed by atoms with Crippen LogP contribution in [-0.4, -0.2) is 22.1 Å². The molecule has 0 aliphatic heterocycles.